The number of hydrogen-bond acceptors (Lipinski definition) is 6. The maximum absolute atomic E-state index is 11.0. The van der Waals surface area contributed by atoms with E-state index in [9.17, 15) is 28.8 Å². The van der Waals surface area contributed by atoms with Gasteiger partial charge in [0.05, 0.1) is 22.6 Å². The highest BCUT2D eigenvalue weighted by atomic mass is 16.4. The van der Waals surface area contributed by atoms with Crippen LogP contribution in [0.5, 0.6) is 0 Å². The number of fused-ring (bicyclic) bond motifs is 1. The van der Waals surface area contributed by atoms with Gasteiger partial charge in [-0.05, 0) is 47.9 Å². The fourth-order valence-electron chi connectivity index (χ4n) is 2.77. The molecule has 0 aliphatic carbocycles. The van der Waals surface area contributed by atoms with Crippen LogP contribution in [0, 0.1) is 5.92 Å². The molecular weight excluding hydrogens is 444 g/mol. The first-order chi connectivity index (χ1) is 15.3. The Balaban J connectivity index is 0.000000349. The lowest BCUT2D eigenvalue weighted by molar-refractivity contribution is -0.143. The molecule has 12 heteroatoms. The lowest BCUT2D eigenvalue weighted by Crippen LogP contribution is -2.16. The highest BCUT2D eigenvalue weighted by Crippen LogP contribution is 2.22. The second kappa shape index (κ2) is 11.8. The first-order valence-corrected chi connectivity index (χ1v) is 9.27. The molecule has 2 rings (SSSR count). The molecule has 0 unspecified atom stereocenters. The zero-order valence-corrected chi connectivity index (χ0v) is 16.9. The first kappa shape index (κ1) is 26.6. The molecule has 0 saturated carbocycles. The van der Waals surface area contributed by atoms with Crippen LogP contribution in [0.1, 0.15) is 56.8 Å². The van der Waals surface area contributed by atoms with E-state index in [0.717, 1.165) is 6.07 Å². The molecule has 0 saturated heterocycles. The number of aromatic carboxylic acids is 3. The van der Waals surface area contributed by atoms with Crippen molar-refractivity contribution in [3.05, 3.63) is 47.0 Å². The monoisotopic (exact) mass is 464 g/mol. The molecular formula is C21H20O12. The summed E-state index contributed by atoms with van der Waals surface area (Å²) in [5.41, 5.74) is -0.697. The van der Waals surface area contributed by atoms with Crippen molar-refractivity contribution in [3.63, 3.8) is 0 Å². The van der Waals surface area contributed by atoms with Crippen LogP contribution in [0.4, 0.5) is 0 Å². The third kappa shape index (κ3) is 8.28. The van der Waals surface area contributed by atoms with E-state index in [0.29, 0.717) is 10.8 Å². The summed E-state index contributed by atoms with van der Waals surface area (Å²) in [5, 5.41) is 52.9. The molecule has 33 heavy (non-hydrogen) atoms. The highest BCUT2D eigenvalue weighted by molar-refractivity contribution is 6.07. The van der Waals surface area contributed by atoms with Crippen molar-refractivity contribution in [1.82, 2.24) is 0 Å². The lowest BCUT2D eigenvalue weighted by Gasteiger charge is -2.08. The van der Waals surface area contributed by atoms with Crippen molar-refractivity contribution in [1.29, 1.82) is 0 Å². The van der Waals surface area contributed by atoms with E-state index in [1.165, 1.54) is 24.3 Å². The van der Waals surface area contributed by atoms with Crippen molar-refractivity contribution in [2.24, 2.45) is 5.92 Å². The number of rotatable bonds is 10. The molecule has 0 bridgehead atoms. The molecule has 2 aromatic rings. The van der Waals surface area contributed by atoms with E-state index in [2.05, 4.69) is 0 Å². The summed E-state index contributed by atoms with van der Waals surface area (Å²) >= 11 is 0. The van der Waals surface area contributed by atoms with Gasteiger partial charge < -0.3 is 30.6 Å². The van der Waals surface area contributed by atoms with Crippen LogP contribution in [-0.2, 0) is 14.4 Å². The Morgan fingerprint density at radius 2 is 1.06 bits per heavy atom. The van der Waals surface area contributed by atoms with Gasteiger partial charge in [0, 0.05) is 12.8 Å². The van der Waals surface area contributed by atoms with Crippen molar-refractivity contribution in [2.45, 2.75) is 25.7 Å². The number of hydrogen-bond donors (Lipinski definition) is 6. The zero-order valence-electron chi connectivity index (χ0n) is 16.9. The molecule has 176 valence electrons. The van der Waals surface area contributed by atoms with Crippen LogP contribution in [-0.4, -0.2) is 66.5 Å². The van der Waals surface area contributed by atoms with Crippen molar-refractivity contribution >= 4 is 46.6 Å². The highest BCUT2D eigenvalue weighted by Gasteiger charge is 2.19. The molecule has 12 nitrogen and oxygen atoms in total. The molecule has 2 aromatic carbocycles. The van der Waals surface area contributed by atoms with E-state index in [4.69, 9.17) is 30.6 Å². The van der Waals surface area contributed by atoms with Gasteiger partial charge in [-0.2, -0.15) is 0 Å². The summed E-state index contributed by atoms with van der Waals surface area (Å²) in [7, 11) is 0. The van der Waals surface area contributed by atoms with Gasteiger partial charge in [0.25, 0.3) is 0 Å². The summed E-state index contributed by atoms with van der Waals surface area (Å²) in [5.74, 6) is -8.05. The third-order valence-electron chi connectivity index (χ3n) is 4.45. The van der Waals surface area contributed by atoms with E-state index in [1.807, 2.05) is 0 Å². The van der Waals surface area contributed by atoms with E-state index in [1.54, 1.807) is 0 Å². The van der Waals surface area contributed by atoms with Gasteiger partial charge in [-0.1, -0.05) is 6.07 Å². The van der Waals surface area contributed by atoms with E-state index in [-0.39, 0.29) is 42.4 Å². The maximum atomic E-state index is 11.0. The first-order valence-electron chi connectivity index (χ1n) is 9.27. The summed E-state index contributed by atoms with van der Waals surface area (Å²) in [6.07, 6.45) is -0.566. The van der Waals surface area contributed by atoms with Crippen molar-refractivity contribution in [3.8, 4) is 0 Å². The minimum atomic E-state index is -1.37. The maximum Gasteiger partial charge on any atom is 0.336 e. The van der Waals surface area contributed by atoms with Gasteiger partial charge >= 0.3 is 35.8 Å². The molecule has 0 spiro atoms. The minimum Gasteiger partial charge on any atom is -0.481 e. The summed E-state index contributed by atoms with van der Waals surface area (Å²) in [4.78, 5) is 63.7. The third-order valence-corrected chi connectivity index (χ3v) is 4.45. The Morgan fingerprint density at radius 1 is 0.606 bits per heavy atom. The SMILES string of the molecule is O=C(O)CCC(CCC(=O)O)C(=O)O.O=C(O)c1ccc2cc(C(=O)O)c(C(=O)O)cc2c1. The Hall–Kier alpha value is -4.48. The quantitative estimate of drug-likeness (QED) is 0.298. The summed E-state index contributed by atoms with van der Waals surface area (Å²) < 4.78 is 0. The van der Waals surface area contributed by atoms with Gasteiger partial charge in [-0.15, -0.1) is 0 Å². The average molecular weight is 464 g/mol. The van der Waals surface area contributed by atoms with Gasteiger partial charge in [-0.3, -0.25) is 14.4 Å². The Morgan fingerprint density at radius 3 is 1.42 bits per heavy atom. The summed E-state index contributed by atoms with van der Waals surface area (Å²) in [6.45, 7) is 0. The molecule has 0 aromatic heterocycles. The topological polar surface area (TPSA) is 224 Å². The second-order valence-electron chi connectivity index (χ2n) is 6.78. The Kier molecular flexibility index (Phi) is 9.49. The average Bonchev–Trinajstić information content (AvgIpc) is 2.71. The number of benzene rings is 2. The largest absolute Gasteiger partial charge is 0.481 e. The predicted molar refractivity (Wildman–Crippen MR) is 110 cm³/mol. The standard InChI is InChI=1S/C13H8O6.C8H12O6/c14-11(15)7-2-1-6-4-9(12(16)17)10(13(18)19)5-8(6)3-7;9-6(10)3-1-5(8(13)14)2-4-7(11)12/h1-5H,(H,14,15)(H,16,17)(H,18,19);5H,1-4H2,(H,9,10)(H,11,12)(H,13,14). The lowest BCUT2D eigenvalue weighted by atomic mass is 9.98. The van der Waals surface area contributed by atoms with Crippen LogP contribution in [0.3, 0.4) is 0 Å². The zero-order chi connectivity index (χ0) is 25.3. The van der Waals surface area contributed by atoms with Crippen molar-refractivity contribution < 1.29 is 59.4 Å². The van der Waals surface area contributed by atoms with Crippen LogP contribution in [0.25, 0.3) is 10.8 Å². The number of carbonyl (C=O) groups is 6. The van der Waals surface area contributed by atoms with Crippen LogP contribution >= 0.6 is 0 Å². The van der Waals surface area contributed by atoms with Crippen LogP contribution < -0.4 is 0 Å². The molecule has 0 radical (unpaired) electrons. The number of aliphatic carboxylic acids is 3. The minimum absolute atomic E-state index is 0.00640. The fourth-order valence-corrected chi connectivity index (χ4v) is 2.77. The second-order valence-corrected chi connectivity index (χ2v) is 6.78. The van der Waals surface area contributed by atoms with Gasteiger partial charge in [0.2, 0.25) is 0 Å². The molecule has 0 aliphatic heterocycles. The number of carboxylic acid groups (broad SMARTS) is 6. The molecule has 0 aliphatic rings. The smallest absolute Gasteiger partial charge is 0.336 e. The van der Waals surface area contributed by atoms with Gasteiger partial charge in [0.1, 0.15) is 0 Å². The Bertz CT molecular complexity index is 1080. The molecule has 0 heterocycles. The fraction of sp³-hybridized carbons (Fsp3) is 0.238. The molecule has 0 atom stereocenters. The molecule has 0 amide bonds. The van der Waals surface area contributed by atoms with Gasteiger partial charge in [-0.25, -0.2) is 14.4 Å². The van der Waals surface area contributed by atoms with E-state index >= 15 is 0 Å². The Labute approximate surface area is 185 Å². The van der Waals surface area contributed by atoms with Gasteiger partial charge in [0.15, 0.2) is 0 Å². The van der Waals surface area contributed by atoms with Crippen LogP contribution in [0.2, 0.25) is 0 Å². The van der Waals surface area contributed by atoms with Crippen LogP contribution in [0.15, 0.2) is 30.3 Å². The predicted octanol–water partition coefficient (Wildman–Crippen LogP) is 2.35. The van der Waals surface area contributed by atoms with Crippen molar-refractivity contribution in [2.75, 3.05) is 0 Å². The normalized spacial score (nSPS) is 10.2. The molecule has 0 fully saturated rings. The summed E-state index contributed by atoms with van der Waals surface area (Å²) in [6, 6.07) is 6.45. The molecule has 6 N–H and O–H groups in total. The van der Waals surface area contributed by atoms with E-state index < -0.39 is 41.7 Å². The number of carboxylic acids is 6.